The first-order valence-corrected chi connectivity index (χ1v) is 5.21. The maximum Gasteiger partial charge on any atom is 0.311 e. The lowest BCUT2D eigenvalue weighted by Gasteiger charge is -2.09. The molecule has 0 atom stereocenters. The maximum atomic E-state index is 12.5. The third-order valence-electron chi connectivity index (χ3n) is 2.01. The number of rotatable bonds is 4. The van der Waals surface area contributed by atoms with Crippen LogP contribution >= 0.6 is 11.6 Å². The van der Waals surface area contributed by atoms with Crippen molar-refractivity contribution in [1.82, 2.24) is 4.98 Å². The number of aromatic nitrogens is 1. The molecule has 0 saturated heterocycles. The number of hydrogen-bond acceptors (Lipinski definition) is 4. The number of carbonyl (C=O) groups excluding carboxylic acids is 1. The van der Waals surface area contributed by atoms with Gasteiger partial charge in [-0.25, -0.2) is 8.78 Å². The highest BCUT2D eigenvalue weighted by molar-refractivity contribution is 6.34. The number of nitrogens with two attached hydrogens (primary N) is 1. The average molecular weight is 265 g/mol. The Morgan fingerprint density at radius 1 is 1.65 bits per heavy atom. The first kappa shape index (κ1) is 13.6. The van der Waals surface area contributed by atoms with Gasteiger partial charge in [-0.15, -0.1) is 0 Å². The molecule has 1 heterocycles. The monoisotopic (exact) mass is 264 g/mol. The van der Waals surface area contributed by atoms with Crippen molar-refractivity contribution >= 4 is 23.3 Å². The molecule has 1 rings (SSSR count). The summed E-state index contributed by atoms with van der Waals surface area (Å²) in [6, 6.07) is 0. The van der Waals surface area contributed by atoms with E-state index in [-0.39, 0.29) is 29.4 Å². The summed E-state index contributed by atoms with van der Waals surface area (Å²) in [5.41, 5.74) is 4.87. The van der Waals surface area contributed by atoms with Gasteiger partial charge in [0.05, 0.1) is 35.0 Å². The lowest BCUT2D eigenvalue weighted by molar-refractivity contribution is -0.142. The highest BCUT2D eigenvalue weighted by atomic mass is 35.5. The van der Waals surface area contributed by atoms with Crippen LogP contribution in [0.4, 0.5) is 14.5 Å². The van der Waals surface area contributed by atoms with Crippen LogP contribution in [0, 0.1) is 0 Å². The number of carbonyl (C=O) groups is 1. The predicted octanol–water partition coefficient (Wildman–Crippen LogP) is 2.36. The van der Waals surface area contributed by atoms with E-state index in [0.717, 1.165) is 6.20 Å². The summed E-state index contributed by atoms with van der Waals surface area (Å²) in [5, 5.41) is -0.129. The van der Waals surface area contributed by atoms with E-state index in [1.807, 2.05) is 0 Å². The summed E-state index contributed by atoms with van der Waals surface area (Å²) < 4.78 is 29.6. The third-order valence-corrected chi connectivity index (χ3v) is 2.43. The zero-order valence-corrected chi connectivity index (χ0v) is 9.80. The number of hydrogen-bond donors (Lipinski definition) is 1. The molecular formula is C10H11ClF2N2O2. The molecule has 4 nitrogen and oxygen atoms in total. The molecule has 0 fully saturated rings. The summed E-state index contributed by atoms with van der Waals surface area (Å²) >= 11 is 5.76. The molecule has 0 amide bonds. The molecule has 7 heteroatoms. The van der Waals surface area contributed by atoms with Gasteiger partial charge in [0.1, 0.15) is 0 Å². The SMILES string of the molecule is CCOC(=O)Cc1ncc(C(F)F)c(N)c1Cl. The smallest absolute Gasteiger partial charge is 0.311 e. The minimum Gasteiger partial charge on any atom is -0.466 e. The molecule has 0 aliphatic rings. The number of halogens is 3. The second kappa shape index (κ2) is 5.77. The highest BCUT2D eigenvalue weighted by Gasteiger charge is 2.18. The Labute approximate surface area is 102 Å². The molecule has 17 heavy (non-hydrogen) atoms. The van der Waals surface area contributed by atoms with Crippen molar-refractivity contribution in [1.29, 1.82) is 0 Å². The van der Waals surface area contributed by atoms with E-state index < -0.39 is 18.0 Å². The van der Waals surface area contributed by atoms with Crippen LogP contribution < -0.4 is 5.73 Å². The molecule has 0 aromatic carbocycles. The molecule has 0 aliphatic heterocycles. The second-order valence-electron chi connectivity index (χ2n) is 3.17. The van der Waals surface area contributed by atoms with Crippen LogP contribution in [-0.2, 0) is 16.0 Å². The third kappa shape index (κ3) is 3.26. The van der Waals surface area contributed by atoms with E-state index in [2.05, 4.69) is 4.98 Å². The van der Waals surface area contributed by atoms with Crippen LogP contribution in [0.2, 0.25) is 5.02 Å². The van der Waals surface area contributed by atoms with Gasteiger partial charge in [-0.05, 0) is 6.92 Å². The minimum absolute atomic E-state index is 0.129. The van der Waals surface area contributed by atoms with Gasteiger partial charge < -0.3 is 10.5 Å². The molecule has 0 saturated carbocycles. The Bertz CT molecular complexity index is 427. The fraction of sp³-hybridized carbons (Fsp3) is 0.400. The number of nitrogen functional groups attached to an aromatic ring is 1. The number of nitrogens with zero attached hydrogens (tertiary/aromatic N) is 1. The van der Waals surface area contributed by atoms with Gasteiger partial charge in [0.25, 0.3) is 6.43 Å². The topological polar surface area (TPSA) is 65.2 Å². The van der Waals surface area contributed by atoms with Gasteiger partial charge in [0, 0.05) is 6.20 Å². The summed E-state index contributed by atoms with van der Waals surface area (Å²) in [4.78, 5) is 14.9. The van der Waals surface area contributed by atoms with Crippen LogP contribution in [0.5, 0.6) is 0 Å². The van der Waals surface area contributed by atoms with Gasteiger partial charge in [-0.1, -0.05) is 11.6 Å². The Morgan fingerprint density at radius 2 is 2.29 bits per heavy atom. The summed E-state index contributed by atoms with van der Waals surface area (Å²) in [7, 11) is 0. The van der Waals surface area contributed by atoms with Crippen molar-refractivity contribution in [3.8, 4) is 0 Å². The van der Waals surface area contributed by atoms with Crippen molar-refractivity contribution in [2.24, 2.45) is 0 Å². The normalized spacial score (nSPS) is 10.6. The summed E-state index contributed by atoms with van der Waals surface area (Å²) in [6.45, 7) is 1.88. The van der Waals surface area contributed by atoms with Crippen molar-refractivity contribution in [3.63, 3.8) is 0 Å². The van der Waals surface area contributed by atoms with Gasteiger partial charge in [-0.2, -0.15) is 0 Å². The standard InChI is InChI=1S/C10H11ClF2N2O2/c1-2-17-7(16)3-6-8(11)9(14)5(4-15-6)10(12)13/h4,10H,2-3H2,1H3,(H2,14,15). The highest BCUT2D eigenvalue weighted by Crippen LogP contribution is 2.31. The molecule has 0 bridgehead atoms. The van der Waals surface area contributed by atoms with Gasteiger partial charge >= 0.3 is 5.97 Å². The van der Waals surface area contributed by atoms with Crippen LogP contribution in [-0.4, -0.2) is 17.6 Å². The van der Waals surface area contributed by atoms with E-state index in [0.29, 0.717) is 0 Å². The molecular weight excluding hydrogens is 254 g/mol. The maximum absolute atomic E-state index is 12.5. The van der Waals surface area contributed by atoms with E-state index in [1.165, 1.54) is 0 Å². The molecule has 94 valence electrons. The van der Waals surface area contributed by atoms with Gasteiger partial charge in [0.2, 0.25) is 0 Å². The van der Waals surface area contributed by atoms with Crippen LogP contribution in [0.1, 0.15) is 24.6 Å². The van der Waals surface area contributed by atoms with E-state index >= 15 is 0 Å². The second-order valence-corrected chi connectivity index (χ2v) is 3.55. The largest absolute Gasteiger partial charge is 0.466 e. The van der Waals surface area contributed by atoms with Crippen LogP contribution in [0.25, 0.3) is 0 Å². The average Bonchev–Trinajstić information content (AvgIpc) is 2.25. The first-order chi connectivity index (χ1) is 7.97. The van der Waals surface area contributed by atoms with Gasteiger partial charge in [-0.3, -0.25) is 9.78 Å². The molecule has 1 aromatic heterocycles. The molecule has 0 aliphatic carbocycles. The molecule has 0 radical (unpaired) electrons. The van der Waals surface area contributed by atoms with E-state index in [9.17, 15) is 13.6 Å². The Kier molecular flexibility index (Phi) is 4.62. The Balaban J connectivity index is 2.96. The first-order valence-electron chi connectivity index (χ1n) is 4.83. The van der Waals surface area contributed by atoms with Crippen molar-refractivity contribution in [3.05, 3.63) is 22.5 Å². The molecule has 1 aromatic rings. The fourth-order valence-corrected chi connectivity index (χ4v) is 1.43. The Morgan fingerprint density at radius 3 is 2.82 bits per heavy atom. The van der Waals surface area contributed by atoms with E-state index in [4.69, 9.17) is 22.1 Å². The number of esters is 1. The quantitative estimate of drug-likeness (QED) is 0.848. The van der Waals surface area contributed by atoms with Crippen molar-refractivity contribution in [2.75, 3.05) is 12.3 Å². The van der Waals surface area contributed by atoms with Crippen LogP contribution in [0.15, 0.2) is 6.20 Å². The lowest BCUT2D eigenvalue weighted by Crippen LogP contribution is -2.10. The van der Waals surface area contributed by atoms with Crippen molar-refractivity contribution in [2.45, 2.75) is 19.8 Å². The number of pyridine rings is 1. The van der Waals surface area contributed by atoms with Crippen LogP contribution in [0.3, 0.4) is 0 Å². The molecule has 2 N–H and O–H groups in total. The number of anilines is 1. The summed E-state index contributed by atoms with van der Waals surface area (Å²) in [5.74, 6) is -0.536. The van der Waals surface area contributed by atoms with E-state index in [1.54, 1.807) is 6.92 Å². The van der Waals surface area contributed by atoms with Gasteiger partial charge in [0.15, 0.2) is 0 Å². The number of ether oxygens (including phenoxy) is 1. The predicted molar refractivity (Wildman–Crippen MR) is 59.0 cm³/mol. The number of alkyl halides is 2. The zero-order valence-electron chi connectivity index (χ0n) is 9.04. The molecule has 0 unspecified atom stereocenters. The summed E-state index contributed by atoms with van der Waals surface area (Å²) in [6.07, 6.45) is -2.03. The lowest BCUT2D eigenvalue weighted by atomic mass is 10.2. The van der Waals surface area contributed by atoms with Crippen molar-refractivity contribution < 1.29 is 18.3 Å². The Hall–Kier alpha value is -1.43. The fourth-order valence-electron chi connectivity index (χ4n) is 1.20. The zero-order chi connectivity index (χ0) is 13.0. The minimum atomic E-state index is -2.75. The molecule has 0 spiro atoms.